The second-order valence-corrected chi connectivity index (χ2v) is 7.31. The largest absolute Gasteiger partial charge is 0.493 e. The van der Waals surface area contributed by atoms with Gasteiger partial charge in [-0.2, -0.15) is 13.2 Å². The highest BCUT2D eigenvalue weighted by Crippen LogP contribution is 2.36. The van der Waals surface area contributed by atoms with Gasteiger partial charge in [0.15, 0.2) is 16.6 Å². The van der Waals surface area contributed by atoms with Crippen LogP contribution >= 0.6 is 12.2 Å². The van der Waals surface area contributed by atoms with Crippen LogP contribution in [0.1, 0.15) is 28.8 Å². The Labute approximate surface area is 183 Å². The van der Waals surface area contributed by atoms with E-state index in [-0.39, 0.29) is 16.4 Å². The van der Waals surface area contributed by atoms with Gasteiger partial charge in [-0.3, -0.25) is 10.1 Å². The Kier molecular flexibility index (Phi) is 6.89. The molecule has 6 nitrogen and oxygen atoms in total. The van der Waals surface area contributed by atoms with E-state index in [1.807, 2.05) is 4.90 Å². The number of methoxy groups -OCH3 is 2. The van der Waals surface area contributed by atoms with Gasteiger partial charge >= 0.3 is 6.18 Å². The normalized spacial score (nSPS) is 13.6. The standard InChI is InChI=1S/C21H22F3N3O3S/c1-29-17-8-5-13(11-18(17)30-2)19(28)26-20(31)25-15-12-14(21(22,23)24)6-7-16(15)27-9-3-4-10-27/h5-8,11-12H,3-4,9-10H2,1-2H3,(H2,25,26,28,31). The third kappa shape index (κ3) is 5.38. The highest BCUT2D eigenvalue weighted by Gasteiger charge is 2.32. The number of amides is 1. The van der Waals surface area contributed by atoms with E-state index in [0.29, 0.717) is 17.2 Å². The number of ether oxygens (including phenoxy) is 2. The van der Waals surface area contributed by atoms with Crippen LogP contribution in [0.2, 0.25) is 0 Å². The number of alkyl halides is 3. The number of rotatable bonds is 5. The fraction of sp³-hybridized carbons (Fsp3) is 0.333. The number of hydrogen-bond acceptors (Lipinski definition) is 5. The molecule has 3 rings (SSSR count). The van der Waals surface area contributed by atoms with E-state index in [0.717, 1.165) is 38.1 Å². The van der Waals surface area contributed by atoms with Gasteiger partial charge in [-0.1, -0.05) is 0 Å². The number of anilines is 2. The summed E-state index contributed by atoms with van der Waals surface area (Å²) in [7, 11) is 2.92. The first-order valence-electron chi connectivity index (χ1n) is 9.53. The smallest absolute Gasteiger partial charge is 0.416 e. The maximum absolute atomic E-state index is 13.2. The van der Waals surface area contributed by atoms with Crippen molar-refractivity contribution in [1.82, 2.24) is 5.32 Å². The van der Waals surface area contributed by atoms with Crippen LogP contribution < -0.4 is 25.0 Å². The minimum absolute atomic E-state index is 0.112. The first-order valence-corrected chi connectivity index (χ1v) is 9.94. The van der Waals surface area contributed by atoms with Gasteiger partial charge in [-0.25, -0.2) is 0 Å². The molecule has 1 saturated heterocycles. The van der Waals surface area contributed by atoms with Crippen LogP contribution in [0, 0.1) is 0 Å². The van der Waals surface area contributed by atoms with E-state index >= 15 is 0 Å². The molecule has 0 spiro atoms. The average molecular weight is 453 g/mol. The third-order valence-electron chi connectivity index (χ3n) is 4.89. The number of halogens is 3. The Morgan fingerprint density at radius 2 is 1.71 bits per heavy atom. The first kappa shape index (κ1) is 22.7. The monoisotopic (exact) mass is 453 g/mol. The molecule has 0 radical (unpaired) electrons. The number of nitrogens with zero attached hydrogens (tertiary/aromatic N) is 1. The molecular weight excluding hydrogens is 431 g/mol. The molecule has 0 saturated carbocycles. The molecule has 2 aromatic rings. The fourth-order valence-corrected chi connectivity index (χ4v) is 3.56. The minimum Gasteiger partial charge on any atom is -0.493 e. The van der Waals surface area contributed by atoms with Gasteiger partial charge < -0.3 is 19.7 Å². The molecule has 10 heteroatoms. The van der Waals surface area contributed by atoms with Crippen molar-refractivity contribution in [2.45, 2.75) is 19.0 Å². The van der Waals surface area contributed by atoms with Crippen LogP contribution in [-0.4, -0.2) is 38.3 Å². The highest BCUT2D eigenvalue weighted by molar-refractivity contribution is 7.80. The maximum atomic E-state index is 13.2. The Morgan fingerprint density at radius 1 is 1.03 bits per heavy atom. The van der Waals surface area contributed by atoms with Gasteiger partial charge in [0.2, 0.25) is 0 Å². The summed E-state index contributed by atoms with van der Waals surface area (Å²) < 4.78 is 50.0. The predicted octanol–water partition coefficient (Wildman–Crippen LogP) is 4.45. The lowest BCUT2D eigenvalue weighted by atomic mass is 10.1. The Balaban J connectivity index is 1.79. The third-order valence-corrected chi connectivity index (χ3v) is 5.10. The molecule has 0 aromatic heterocycles. The second kappa shape index (κ2) is 9.42. The summed E-state index contributed by atoms with van der Waals surface area (Å²) in [6.07, 6.45) is -2.58. The topological polar surface area (TPSA) is 62.8 Å². The van der Waals surface area contributed by atoms with Gasteiger partial charge in [0.05, 0.1) is 31.2 Å². The summed E-state index contributed by atoms with van der Waals surface area (Å²) in [5.74, 6) is 0.287. The maximum Gasteiger partial charge on any atom is 0.416 e. The molecule has 1 heterocycles. The van der Waals surface area contributed by atoms with Crippen LogP contribution in [0.25, 0.3) is 0 Å². The van der Waals surface area contributed by atoms with Crippen molar-refractivity contribution < 1.29 is 27.4 Å². The van der Waals surface area contributed by atoms with E-state index < -0.39 is 17.6 Å². The van der Waals surface area contributed by atoms with Crippen LogP contribution in [0.15, 0.2) is 36.4 Å². The second-order valence-electron chi connectivity index (χ2n) is 6.90. The molecule has 1 aliphatic heterocycles. The number of nitrogens with one attached hydrogen (secondary N) is 2. The van der Waals surface area contributed by atoms with Crippen LogP contribution in [-0.2, 0) is 6.18 Å². The average Bonchev–Trinajstić information content (AvgIpc) is 3.27. The molecule has 31 heavy (non-hydrogen) atoms. The van der Waals surface area contributed by atoms with Crippen LogP contribution in [0.3, 0.4) is 0 Å². The molecule has 1 fully saturated rings. The van der Waals surface area contributed by atoms with E-state index in [1.165, 1.54) is 32.4 Å². The summed E-state index contributed by atoms with van der Waals surface area (Å²) in [4.78, 5) is 14.5. The van der Waals surface area contributed by atoms with Crippen molar-refractivity contribution in [2.24, 2.45) is 0 Å². The molecule has 2 N–H and O–H groups in total. The summed E-state index contributed by atoms with van der Waals surface area (Å²) in [6, 6.07) is 8.06. The first-order chi connectivity index (χ1) is 14.7. The van der Waals surface area contributed by atoms with Crippen LogP contribution in [0.4, 0.5) is 24.5 Å². The SMILES string of the molecule is COc1ccc(C(=O)NC(=S)Nc2cc(C(F)(F)F)ccc2N2CCCC2)cc1OC. The lowest BCUT2D eigenvalue weighted by Crippen LogP contribution is -2.34. The number of hydrogen-bond donors (Lipinski definition) is 2. The Morgan fingerprint density at radius 3 is 2.32 bits per heavy atom. The van der Waals surface area contributed by atoms with Crippen LogP contribution in [0.5, 0.6) is 11.5 Å². The van der Waals surface area contributed by atoms with E-state index in [1.54, 1.807) is 6.07 Å². The molecule has 0 aliphatic carbocycles. The van der Waals surface area contributed by atoms with Gasteiger partial charge in [0, 0.05) is 18.7 Å². The van der Waals surface area contributed by atoms with Gasteiger partial charge in [-0.15, -0.1) is 0 Å². The van der Waals surface area contributed by atoms with Crippen molar-refractivity contribution >= 4 is 34.6 Å². The number of benzene rings is 2. The van der Waals surface area contributed by atoms with Crippen molar-refractivity contribution in [2.75, 3.05) is 37.5 Å². The zero-order valence-electron chi connectivity index (χ0n) is 17.0. The Bertz CT molecular complexity index is 976. The zero-order valence-corrected chi connectivity index (χ0v) is 17.8. The molecule has 2 aromatic carbocycles. The molecule has 0 unspecified atom stereocenters. The summed E-state index contributed by atoms with van der Waals surface area (Å²) in [6.45, 7) is 1.48. The number of thiocarbonyl (C=S) groups is 1. The lowest BCUT2D eigenvalue weighted by molar-refractivity contribution is -0.137. The van der Waals surface area contributed by atoms with Gasteiger partial charge in [-0.05, 0) is 61.5 Å². The van der Waals surface area contributed by atoms with E-state index in [9.17, 15) is 18.0 Å². The summed E-state index contributed by atoms with van der Waals surface area (Å²) in [5.41, 5.74) is 0.250. The van der Waals surface area contributed by atoms with Crippen molar-refractivity contribution in [1.29, 1.82) is 0 Å². The van der Waals surface area contributed by atoms with Crippen molar-refractivity contribution in [3.63, 3.8) is 0 Å². The lowest BCUT2D eigenvalue weighted by Gasteiger charge is -2.23. The molecule has 166 valence electrons. The molecule has 1 amide bonds. The van der Waals surface area contributed by atoms with E-state index in [2.05, 4.69) is 10.6 Å². The fourth-order valence-electron chi connectivity index (χ4n) is 3.35. The van der Waals surface area contributed by atoms with Crippen molar-refractivity contribution in [3.05, 3.63) is 47.5 Å². The number of carbonyl (C=O) groups is 1. The zero-order chi connectivity index (χ0) is 22.6. The van der Waals surface area contributed by atoms with Crippen molar-refractivity contribution in [3.8, 4) is 11.5 Å². The summed E-state index contributed by atoms with van der Waals surface area (Å²) in [5, 5.41) is 5.14. The minimum atomic E-state index is -4.50. The summed E-state index contributed by atoms with van der Waals surface area (Å²) >= 11 is 5.19. The molecular formula is C21H22F3N3O3S. The molecule has 0 bridgehead atoms. The van der Waals surface area contributed by atoms with Gasteiger partial charge in [0.1, 0.15) is 0 Å². The molecule has 0 atom stereocenters. The van der Waals surface area contributed by atoms with Gasteiger partial charge in [0.25, 0.3) is 5.91 Å². The molecule has 1 aliphatic rings. The van der Waals surface area contributed by atoms with E-state index in [4.69, 9.17) is 21.7 Å². The predicted molar refractivity (Wildman–Crippen MR) is 116 cm³/mol. The highest BCUT2D eigenvalue weighted by atomic mass is 32.1. The number of carbonyl (C=O) groups excluding carboxylic acids is 1. The quantitative estimate of drug-likeness (QED) is 0.653. The Hall–Kier alpha value is -3.01.